The van der Waals surface area contributed by atoms with Crippen LogP contribution in [0.2, 0.25) is 0 Å². The van der Waals surface area contributed by atoms with Crippen molar-refractivity contribution in [1.29, 1.82) is 0 Å². The van der Waals surface area contributed by atoms with E-state index in [4.69, 9.17) is 4.74 Å². The molecule has 2 amide bonds. The van der Waals surface area contributed by atoms with Crippen molar-refractivity contribution in [2.75, 3.05) is 6.54 Å². The highest BCUT2D eigenvalue weighted by Gasteiger charge is 2.13. The molecule has 0 aliphatic carbocycles. The molecule has 5 nitrogen and oxygen atoms in total. The Morgan fingerprint density at radius 1 is 0.828 bits per heavy atom. The van der Waals surface area contributed by atoms with Gasteiger partial charge in [-0.2, -0.15) is 0 Å². The summed E-state index contributed by atoms with van der Waals surface area (Å²) in [4.78, 5) is 23.9. The number of para-hydroxylation sites is 1. The molecule has 0 aliphatic heterocycles. The first-order valence-electron chi connectivity index (χ1n) is 8.83. The van der Waals surface area contributed by atoms with Gasteiger partial charge in [0.1, 0.15) is 23.1 Å². The molecule has 0 unspecified atom stereocenters. The largest absolute Gasteiger partial charge is 0.457 e. The summed E-state index contributed by atoms with van der Waals surface area (Å²) >= 11 is 0. The number of benzene rings is 3. The summed E-state index contributed by atoms with van der Waals surface area (Å²) in [7, 11) is 0. The quantitative estimate of drug-likeness (QED) is 0.638. The standard InChI is InChI=1S/C22H18F2N2O3/c23-16-9-10-19(20(24)12-16)22(28)26-14-21(27)25-13-15-5-4-8-18(11-15)29-17-6-2-1-3-7-17/h1-12H,13-14H2,(H,25,27)(H,26,28). The molecule has 0 atom stereocenters. The molecule has 29 heavy (non-hydrogen) atoms. The van der Waals surface area contributed by atoms with E-state index < -0.39 is 23.4 Å². The summed E-state index contributed by atoms with van der Waals surface area (Å²) in [6, 6.07) is 19.1. The van der Waals surface area contributed by atoms with Crippen LogP contribution >= 0.6 is 0 Å². The first-order valence-corrected chi connectivity index (χ1v) is 8.83. The molecular weight excluding hydrogens is 378 g/mol. The summed E-state index contributed by atoms with van der Waals surface area (Å²) in [6.45, 7) is -0.110. The molecule has 2 N–H and O–H groups in total. The minimum atomic E-state index is -0.988. The lowest BCUT2D eigenvalue weighted by atomic mass is 10.2. The van der Waals surface area contributed by atoms with Gasteiger partial charge in [-0.3, -0.25) is 9.59 Å². The number of carbonyl (C=O) groups is 2. The first kappa shape index (κ1) is 20.0. The number of hydrogen-bond acceptors (Lipinski definition) is 3. The molecule has 0 fully saturated rings. The minimum Gasteiger partial charge on any atom is -0.457 e. The number of hydrogen-bond donors (Lipinski definition) is 2. The fourth-order valence-corrected chi connectivity index (χ4v) is 2.54. The summed E-state index contributed by atoms with van der Waals surface area (Å²) in [5, 5.41) is 4.96. The second kappa shape index (κ2) is 9.45. The van der Waals surface area contributed by atoms with Gasteiger partial charge in [0.2, 0.25) is 5.91 Å². The molecule has 0 radical (unpaired) electrons. The van der Waals surface area contributed by atoms with Gasteiger partial charge in [0, 0.05) is 12.6 Å². The van der Waals surface area contributed by atoms with E-state index in [0.717, 1.165) is 17.7 Å². The van der Waals surface area contributed by atoms with Crippen molar-refractivity contribution in [3.63, 3.8) is 0 Å². The van der Waals surface area contributed by atoms with Crippen LogP contribution in [-0.2, 0) is 11.3 Å². The normalized spacial score (nSPS) is 10.3. The number of ether oxygens (including phenoxy) is 1. The Morgan fingerprint density at radius 3 is 2.34 bits per heavy atom. The molecule has 0 heterocycles. The molecule has 0 aliphatic rings. The van der Waals surface area contributed by atoms with E-state index in [1.165, 1.54) is 0 Å². The van der Waals surface area contributed by atoms with E-state index in [0.29, 0.717) is 17.6 Å². The van der Waals surface area contributed by atoms with E-state index >= 15 is 0 Å². The maximum atomic E-state index is 13.6. The van der Waals surface area contributed by atoms with Gasteiger partial charge in [0.25, 0.3) is 5.91 Å². The summed E-state index contributed by atoms with van der Waals surface area (Å²) in [6.07, 6.45) is 0. The zero-order valence-electron chi connectivity index (χ0n) is 15.3. The van der Waals surface area contributed by atoms with E-state index in [1.807, 2.05) is 36.4 Å². The monoisotopic (exact) mass is 396 g/mol. The molecule has 3 aromatic carbocycles. The molecular formula is C22H18F2N2O3. The number of rotatable bonds is 7. The Morgan fingerprint density at radius 2 is 1.59 bits per heavy atom. The predicted molar refractivity (Wildman–Crippen MR) is 103 cm³/mol. The van der Waals surface area contributed by atoms with Gasteiger partial charge in [-0.05, 0) is 42.0 Å². The highest BCUT2D eigenvalue weighted by molar-refractivity contribution is 5.96. The third-order valence-electron chi connectivity index (χ3n) is 3.95. The average molecular weight is 396 g/mol. The third kappa shape index (κ3) is 5.87. The van der Waals surface area contributed by atoms with Gasteiger partial charge >= 0.3 is 0 Å². The van der Waals surface area contributed by atoms with E-state index in [9.17, 15) is 18.4 Å². The lowest BCUT2D eigenvalue weighted by molar-refractivity contribution is -0.120. The second-order valence-corrected chi connectivity index (χ2v) is 6.15. The van der Waals surface area contributed by atoms with E-state index in [2.05, 4.69) is 10.6 Å². The lowest BCUT2D eigenvalue weighted by Crippen LogP contribution is -2.36. The molecule has 3 rings (SSSR count). The van der Waals surface area contributed by atoms with Crippen LogP contribution in [0.5, 0.6) is 11.5 Å². The molecule has 7 heteroatoms. The highest BCUT2D eigenvalue weighted by atomic mass is 19.1. The number of nitrogens with one attached hydrogen (secondary N) is 2. The summed E-state index contributed by atoms with van der Waals surface area (Å²) < 4.78 is 32.2. The van der Waals surface area contributed by atoms with Crippen LogP contribution in [0.15, 0.2) is 72.8 Å². The molecule has 3 aromatic rings. The zero-order chi connectivity index (χ0) is 20.6. The number of amides is 2. The Hall–Kier alpha value is -3.74. The molecule has 148 valence electrons. The molecule has 0 spiro atoms. The minimum absolute atomic E-state index is 0.228. The van der Waals surface area contributed by atoms with Crippen LogP contribution in [0.1, 0.15) is 15.9 Å². The van der Waals surface area contributed by atoms with Crippen LogP contribution in [0.3, 0.4) is 0 Å². The van der Waals surface area contributed by atoms with E-state index in [1.54, 1.807) is 18.2 Å². The van der Waals surface area contributed by atoms with Gasteiger partial charge in [0.05, 0.1) is 12.1 Å². The van der Waals surface area contributed by atoms with Gasteiger partial charge < -0.3 is 15.4 Å². The fraction of sp³-hybridized carbons (Fsp3) is 0.0909. The van der Waals surface area contributed by atoms with Crippen molar-refractivity contribution in [3.05, 3.63) is 95.6 Å². The van der Waals surface area contributed by atoms with Crippen LogP contribution < -0.4 is 15.4 Å². The third-order valence-corrected chi connectivity index (χ3v) is 3.95. The van der Waals surface area contributed by atoms with Crippen LogP contribution in [0.4, 0.5) is 8.78 Å². The van der Waals surface area contributed by atoms with Crippen LogP contribution in [0.25, 0.3) is 0 Å². The first-order chi connectivity index (χ1) is 14.0. The zero-order valence-corrected chi connectivity index (χ0v) is 15.3. The average Bonchev–Trinajstić information content (AvgIpc) is 2.71. The van der Waals surface area contributed by atoms with Gasteiger partial charge in [-0.1, -0.05) is 30.3 Å². The molecule has 0 bridgehead atoms. The van der Waals surface area contributed by atoms with Gasteiger partial charge in [-0.25, -0.2) is 8.78 Å². The molecule has 0 saturated heterocycles. The Kier molecular flexibility index (Phi) is 6.52. The second-order valence-electron chi connectivity index (χ2n) is 6.15. The summed E-state index contributed by atoms with van der Waals surface area (Å²) in [5.41, 5.74) is 0.479. The lowest BCUT2D eigenvalue weighted by Gasteiger charge is -2.10. The van der Waals surface area contributed by atoms with Crippen molar-refractivity contribution in [2.24, 2.45) is 0 Å². The highest BCUT2D eigenvalue weighted by Crippen LogP contribution is 2.21. The van der Waals surface area contributed by atoms with Crippen molar-refractivity contribution in [2.45, 2.75) is 6.54 Å². The van der Waals surface area contributed by atoms with Crippen LogP contribution in [-0.4, -0.2) is 18.4 Å². The number of halogens is 2. The van der Waals surface area contributed by atoms with Gasteiger partial charge in [-0.15, -0.1) is 0 Å². The van der Waals surface area contributed by atoms with Crippen molar-refractivity contribution >= 4 is 11.8 Å². The van der Waals surface area contributed by atoms with Crippen molar-refractivity contribution < 1.29 is 23.1 Å². The van der Waals surface area contributed by atoms with E-state index in [-0.39, 0.29) is 18.7 Å². The summed E-state index contributed by atoms with van der Waals surface area (Å²) in [5.74, 6) is -1.69. The van der Waals surface area contributed by atoms with Crippen molar-refractivity contribution in [3.8, 4) is 11.5 Å². The van der Waals surface area contributed by atoms with Crippen molar-refractivity contribution in [1.82, 2.24) is 10.6 Å². The topological polar surface area (TPSA) is 67.4 Å². The predicted octanol–water partition coefficient (Wildman–Crippen LogP) is 3.80. The Labute approximate surface area is 166 Å². The smallest absolute Gasteiger partial charge is 0.254 e. The Balaban J connectivity index is 1.49. The fourth-order valence-electron chi connectivity index (χ4n) is 2.54. The van der Waals surface area contributed by atoms with Crippen LogP contribution in [0, 0.1) is 11.6 Å². The molecule has 0 aromatic heterocycles. The molecule has 0 saturated carbocycles. The SMILES string of the molecule is O=C(CNC(=O)c1ccc(F)cc1F)NCc1cccc(Oc2ccccc2)c1. The van der Waals surface area contributed by atoms with Gasteiger partial charge in [0.15, 0.2) is 0 Å². The maximum absolute atomic E-state index is 13.6. The number of carbonyl (C=O) groups excluding carboxylic acids is 2. The maximum Gasteiger partial charge on any atom is 0.254 e. The Bertz CT molecular complexity index is 1010.